The molecule has 136 valence electrons. The Kier molecular flexibility index (Phi) is 6.92. The zero-order valence-electron chi connectivity index (χ0n) is 14.0. The molecule has 7 nitrogen and oxygen atoms in total. The summed E-state index contributed by atoms with van der Waals surface area (Å²) in [6.45, 7) is 3.82. The minimum absolute atomic E-state index is 0.0343. The number of carbonyl (C=O) groups is 2. The Labute approximate surface area is 159 Å². The lowest BCUT2D eigenvalue weighted by Crippen LogP contribution is -2.46. The summed E-state index contributed by atoms with van der Waals surface area (Å²) in [4.78, 5) is 24.0. The quantitative estimate of drug-likeness (QED) is 0.563. The normalized spacial score (nSPS) is 13.5. The van der Waals surface area contributed by atoms with E-state index in [9.17, 15) is 9.59 Å². The molecule has 0 aliphatic heterocycles. The molecule has 0 aromatic carbocycles. The summed E-state index contributed by atoms with van der Waals surface area (Å²) in [5.74, 6) is -0.729. The van der Waals surface area contributed by atoms with Crippen LogP contribution in [0.1, 0.15) is 20.3 Å². The number of methoxy groups -OCH3 is 1. The van der Waals surface area contributed by atoms with E-state index >= 15 is 0 Å². The average Bonchev–Trinajstić information content (AvgIpc) is 2.99. The molecule has 2 aromatic rings. The molecule has 1 N–H and O–H groups in total. The van der Waals surface area contributed by atoms with Crippen LogP contribution in [-0.2, 0) is 14.3 Å². The van der Waals surface area contributed by atoms with Crippen molar-refractivity contribution >= 4 is 52.5 Å². The molecular weight excluding hydrogens is 387 g/mol. The minimum Gasteiger partial charge on any atom is -0.467 e. The van der Waals surface area contributed by atoms with E-state index in [2.05, 4.69) is 15.5 Å². The molecule has 0 saturated carbocycles. The van der Waals surface area contributed by atoms with Gasteiger partial charge in [0.15, 0.2) is 10.8 Å². The van der Waals surface area contributed by atoms with Gasteiger partial charge in [0.25, 0.3) is 0 Å². The predicted molar refractivity (Wildman–Crippen MR) is 97.1 cm³/mol. The fourth-order valence-electron chi connectivity index (χ4n) is 2.14. The van der Waals surface area contributed by atoms with Gasteiger partial charge in [-0.3, -0.25) is 9.20 Å². The van der Waals surface area contributed by atoms with Crippen molar-refractivity contribution in [2.75, 3.05) is 12.9 Å². The van der Waals surface area contributed by atoms with Crippen LogP contribution in [0.15, 0.2) is 17.4 Å². The van der Waals surface area contributed by atoms with Crippen LogP contribution in [0.2, 0.25) is 10.0 Å². The summed E-state index contributed by atoms with van der Waals surface area (Å²) in [5, 5.41) is 12.0. The SMILES string of the molecule is CC[C@@H](C)[C@H](NC(=O)CSc1nnc2c(Cl)cc(Cl)cn12)C(=O)OC. The van der Waals surface area contributed by atoms with E-state index in [4.69, 9.17) is 27.9 Å². The molecule has 0 bridgehead atoms. The standard InChI is InChI=1S/C15H18Cl2N4O3S/c1-4-8(2)12(14(23)24-3)18-11(22)7-25-15-20-19-13-10(17)5-9(16)6-21(13)15/h5-6,8,12H,4,7H2,1-3H3,(H,18,22)/t8-,12+/m1/s1. The molecule has 0 spiro atoms. The van der Waals surface area contributed by atoms with Crippen molar-refractivity contribution in [1.82, 2.24) is 19.9 Å². The molecular formula is C15H18Cl2N4O3S. The molecule has 1 amide bonds. The number of hydrogen-bond acceptors (Lipinski definition) is 6. The van der Waals surface area contributed by atoms with Gasteiger partial charge in [0.05, 0.1) is 22.9 Å². The summed E-state index contributed by atoms with van der Waals surface area (Å²) in [5.41, 5.74) is 0.459. The monoisotopic (exact) mass is 404 g/mol. The smallest absolute Gasteiger partial charge is 0.328 e. The Morgan fingerprint density at radius 1 is 1.40 bits per heavy atom. The van der Waals surface area contributed by atoms with E-state index in [1.54, 1.807) is 16.7 Å². The van der Waals surface area contributed by atoms with Crippen molar-refractivity contribution in [3.8, 4) is 0 Å². The van der Waals surface area contributed by atoms with E-state index in [1.165, 1.54) is 18.9 Å². The number of ether oxygens (including phenoxy) is 1. The van der Waals surface area contributed by atoms with Crippen LogP contribution in [0.25, 0.3) is 5.65 Å². The number of pyridine rings is 1. The highest BCUT2D eigenvalue weighted by atomic mass is 35.5. The Balaban J connectivity index is 2.05. The number of nitrogens with one attached hydrogen (secondary N) is 1. The summed E-state index contributed by atoms with van der Waals surface area (Å²) < 4.78 is 6.37. The zero-order chi connectivity index (χ0) is 18.6. The molecule has 2 atom stereocenters. The van der Waals surface area contributed by atoms with Crippen molar-refractivity contribution in [2.24, 2.45) is 5.92 Å². The minimum atomic E-state index is -0.679. The summed E-state index contributed by atoms with van der Waals surface area (Å²) in [7, 11) is 1.30. The van der Waals surface area contributed by atoms with E-state index < -0.39 is 12.0 Å². The molecule has 2 aromatic heterocycles. The first-order valence-electron chi connectivity index (χ1n) is 7.57. The summed E-state index contributed by atoms with van der Waals surface area (Å²) in [6, 6.07) is 0.892. The third-order valence-corrected chi connectivity index (χ3v) is 5.14. The van der Waals surface area contributed by atoms with Crippen LogP contribution < -0.4 is 5.32 Å². The van der Waals surface area contributed by atoms with Gasteiger partial charge in [-0.25, -0.2) is 4.79 Å². The lowest BCUT2D eigenvalue weighted by molar-refractivity contribution is -0.146. The predicted octanol–water partition coefficient (Wildman–Crippen LogP) is 2.83. The van der Waals surface area contributed by atoms with Gasteiger partial charge in [-0.15, -0.1) is 10.2 Å². The van der Waals surface area contributed by atoms with Gasteiger partial charge in [-0.1, -0.05) is 55.2 Å². The Bertz CT molecular complexity index is 783. The van der Waals surface area contributed by atoms with Crippen molar-refractivity contribution < 1.29 is 14.3 Å². The number of rotatable bonds is 7. The number of esters is 1. The third kappa shape index (κ3) is 4.77. The number of carbonyl (C=O) groups excluding carboxylic acids is 2. The topological polar surface area (TPSA) is 85.6 Å². The van der Waals surface area contributed by atoms with E-state index in [0.29, 0.717) is 20.8 Å². The van der Waals surface area contributed by atoms with Crippen molar-refractivity contribution in [3.05, 3.63) is 22.3 Å². The molecule has 2 heterocycles. The lowest BCUT2D eigenvalue weighted by Gasteiger charge is -2.21. The van der Waals surface area contributed by atoms with Crippen LogP contribution >= 0.6 is 35.0 Å². The number of fused-ring (bicyclic) bond motifs is 1. The maximum absolute atomic E-state index is 12.2. The van der Waals surface area contributed by atoms with E-state index in [0.717, 1.165) is 6.42 Å². The van der Waals surface area contributed by atoms with Crippen LogP contribution in [0.5, 0.6) is 0 Å². The van der Waals surface area contributed by atoms with Gasteiger partial charge in [0.2, 0.25) is 5.91 Å². The fourth-order valence-corrected chi connectivity index (χ4v) is 3.37. The van der Waals surface area contributed by atoms with Crippen LogP contribution in [0.3, 0.4) is 0 Å². The highest BCUT2D eigenvalue weighted by Crippen LogP contribution is 2.25. The number of nitrogens with zero attached hydrogens (tertiary/aromatic N) is 3. The number of thioether (sulfide) groups is 1. The number of hydrogen-bond donors (Lipinski definition) is 1. The molecule has 0 aliphatic rings. The Morgan fingerprint density at radius 2 is 2.12 bits per heavy atom. The van der Waals surface area contributed by atoms with Gasteiger partial charge in [-0.2, -0.15) is 0 Å². The van der Waals surface area contributed by atoms with Crippen LogP contribution in [-0.4, -0.2) is 45.4 Å². The molecule has 2 rings (SSSR count). The first-order valence-corrected chi connectivity index (χ1v) is 9.31. The Morgan fingerprint density at radius 3 is 2.76 bits per heavy atom. The second-order valence-electron chi connectivity index (χ2n) is 5.42. The van der Waals surface area contributed by atoms with Gasteiger partial charge in [0, 0.05) is 6.20 Å². The zero-order valence-corrected chi connectivity index (χ0v) is 16.3. The molecule has 0 aliphatic carbocycles. The van der Waals surface area contributed by atoms with Gasteiger partial charge < -0.3 is 10.1 Å². The van der Waals surface area contributed by atoms with Crippen LogP contribution in [0.4, 0.5) is 0 Å². The number of aromatic nitrogens is 3. The number of halogens is 2. The first kappa shape index (κ1) is 19.8. The average molecular weight is 405 g/mol. The molecule has 25 heavy (non-hydrogen) atoms. The van der Waals surface area contributed by atoms with Crippen LogP contribution in [0, 0.1) is 5.92 Å². The number of amides is 1. The second kappa shape index (κ2) is 8.73. The second-order valence-corrected chi connectivity index (χ2v) is 7.21. The Hall–Kier alpha value is -1.51. The lowest BCUT2D eigenvalue weighted by atomic mass is 9.99. The molecule has 0 radical (unpaired) electrons. The first-order chi connectivity index (χ1) is 11.9. The van der Waals surface area contributed by atoms with Gasteiger partial charge in [-0.05, 0) is 12.0 Å². The van der Waals surface area contributed by atoms with Crippen molar-refractivity contribution in [2.45, 2.75) is 31.5 Å². The summed E-state index contributed by atoms with van der Waals surface area (Å²) in [6.07, 6.45) is 2.36. The molecule has 0 saturated heterocycles. The van der Waals surface area contributed by atoms with Gasteiger partial charge >= 0.3 is 5.97 Å². The van der Waals surface area contributed by atoms with E-state index in [-0.39, 0.29) is 17.6 Å². The molecule has 10 heteroatoms. The maximum Gasteiger partial charge on any atom is 0.328 e. The summed E-state index contributed by atoms with van der Waals surface area (Å²) >= 11 is 13.2. The van der Waals surface area contributed by atoms with Crippen molar-refractivity contribution in [1.29, 1.82) is 0 Å². The molecule has 0 fully saturated rings. The fraction of sp³-hybridized carbons (Fsp3) is 0.467. The maximum atomic E-state index is 12.2. The highest BCUT2D eigenvalue weighted by molar-refractivity contribution is 7.99. The highest BCUT2D eigenvalue weighted by Gasteiger charge is 2.26. The van der Waals surface area contributed by atoms with Crippen molar-refractivity contribution in [3.63, 3.8) is 0 Å². The largest absolute Gasteiger partial charge is 0.467 e. The van der Waals surface area contributed by atoms with E-state index in [1.807, 2.05) is 13.8 Å². The van der Waals surface area contributed by atoms with Gasteiger partial charge in [0.1, 0.15) is 6.04 Å². The third-order valence-electron chi connectivity index (χ3n) is 3.71. The molecule has 0 unspecified atom stereocenters.